The van der Waals surface area contributed by atoms with Crippen LogP contribution in [0.25, 0.3) is 0 Å². The van der Waals surface area contributed by atoms with Gasteiger partial charge in [-0.15, -0.1) is 0 Å². The SMILES string of the molecule is COCC(=O)OCCC[SiH2]C.C[SiH2]CCCOC(C)(C)C.C[SiH2]CCCOC(C)=O.C[SiH2]CCCOC=O.C[SiH2]CCCOCc1ccc(C)cc1. The predicted molar refractivity (Wildman–Crippen MR) is 237 cm³/mol. The van der Waals surface area contributed by atoms with Crippen LogP contribution in [0.1, 0.15) is 70.9 Å². The van der Waals surface area contributed by atoms with Crippen LogP contribution in [0.5, 0.6) is 0 Å². The van der Waals surface area contributed by atoms with Crippen LogP contribution in [0.2, 0.25) is 63.0 Å². The van der Waals surface area contributed by atoms with E-state index < -0.39 is 0 Å². The molecule has 1 rings (SSSR count). The second-order valence-corrected chi connectivity index (χ2v) is 22.0. The molecule has 1 aromatic carbocycles. The van der Waals surface area contributed by atoms with Gasteiger partial charge in [-0.3, -0.25) is 9.59 Å². The normalized spacial score (nSPS) is 11.2. The summed E-state index contributed by atoms with van der Waals surface area (Å²) in [5.41, 5.74) is 2.66. The number of carbonyl (C=O) groups is 3. The van der Waals surface area contributed by atoms with Crippen LogP contribution in [-0.4, -0.2) is 118 Å². The zero-order chi connectivity index (χ0) is 40.1. The van der Waals surface area contributed by atoms with Gasteiger partial charge in [-0.05, 0) is 65.4 Å². The first kappa shape index (κ1) is 57.3. The number of methoxy groups -OCH3 is 1. The molecule has 0 spiro atoms. The minimum Gasteiger partial charge on any atom is -0.468 e. The highest BCUT2D eigenvalue weighted by Gasteiger charge is 2.08. The summed E-state index contributed by atoms with van der Waals surface area (Å²) in [5, 5.41) is 0. The second-order valence-electron chi connectivity index (χ2n) is 13.5. The topological polar surface area (TPSA) is 107 Å². The molecule has 0 heterocycles. The van der Waals surface area contributed by atoms with Gasteiger partial charge in [0.2, 0.25) is 0 Å². The average molecular weight is 823 g/mol. The van der Waals surface area contributed by atoms with Crippen LogP contribution in [-0.2, 0) is 49.4 Å². The number of benzene rings is 1. The molecule has 0 N–H and O–H groups in total. The molecule has 0 radical (unpaired) electrons. The summed E-state index contributed by atoms with van der Waals surface area (Å²) in [4.78, 5) is 30.4. The van der Waals surface area contributed by atoms with Gasteiger partial charge in [-0.25, -0.2) is 4.79 Å². The van der Waals surface area contributed by atoms with Gasteiger partial charge in [-0.2, -0.15) is 0 Å². The Morgan fingerprint density at radius 2 is 1.12 bits per heavy atom. The monoisotopic (exact) mass is 822 g/mol. The van der Waals surface area contributed by atoms with Crippen LogP contribution >= 0.6 is 0 Å². The molecule has 1 aromatic rings. The van der Waals surface area contributed by atoms with Crippen molar-refractivity contribution in [2.24, 2.45) is 0 Å². The molecule has 14 heteroatoms. The Labute approximate surface area is 331 Å². The molecule has 0 aliphatic heterocycles. The maximum absolute atomic E-state index is 10.7. The van der Waals surface area contributed by atoms with E-state index in [1.165, 1.54) is 68.2 Å². The molecule has 0 bridgehead atoms. The van der Waals surface area contributed by atoms with E-state index in [1.807, 2.05) is 0 Å². The molecule has 0 amide bonds. The van der Waals surface area contributed by atoms with Crippen molar-refractivity contribution in [1.29, 1.82) is 0 Å². The molecule has 0 atom stereocenters. The highest BCUT2D eigenvalue weighted by Crippen LogP contribution is 2.07. The molecule has 0 unspecified atom stereocenters. The number of carbonyl (C=O) groups excluding carboxylic acids is 3. The predicted octanol–water partition coefficient (Wildman–Crippen LogP) is 5.32. The van der Waals surface area contributed by atoms with Gasteiger partial charge >= 0.3 is 11.9 Å². The molecule has 0 fully saturated rings. The van der Waals surface area contributed by atoms with E-state index in [-0.39, 0.29) is 71.7 Å². The van der Waals surface area contributed by atoms with E-state index in [9.17, 15) is 14.4 Å². The van der Waals surface area contributed by atoms with Crippen LogP contribution in [0.3, 0.4) is 0 Å². The van der Waals surface area contributed by atoms with Crippen LogP contribution in [0.15, 0.2) is 24.3 Å². The summed E-state index contributed by atoms with van der Waals surface area (Å²) in [6.45, 7) is 26.3. The number of ether oxygens (including phenoxy) is 6. The lowest BCUT2D eigenvalue weighted by Crippen LogP contribution is -2.19. The molecule has 52 heavy (non-hydrogen) atoms. The largest absolute Gasteiger partial charge is 0.468 e. The van der Waals surface area contributed by atoms with Gasteiger partial charge < -0.3 is 28.4 Å². The van der Waals surface area contributed by atoms with Crippen molar-refractivity contribution >= 4 is 66.0 Å². The maximum atomic E-state index is 10.7. The fraction of sp³-hybridized carbons (Fsp3) is 0.763. The van der Waals surface area contributed by atoms with E-state index in [0.717, 1.165) is 39.1 Å². The van der Waals surface area contributed by atoms with Crippen molar-refractivity contribution in [1.82, 2.24) is 0 Å². The third-order valence-corrected chi connectivity index (χ3v) is 12.9. The first-order chi connectivity index (χ1) is 24.9. The molecule has 0 saturated carbocycles. The van der Waals surface area contributed by atoms with Gasteiger partial charge in [0.05, 0.1) is 32.0 Å². The molecular weight excluding hydrogens is 741 g/mol. The molecular formula is C38H82O9Si5. The van der Waals surface area contributed by atoms with Crippen molar-refractivity contribution in [3.63, 3.8) is 0 Å². The minimum atomic E-state index is -0.259. The van der Waals surface area contributed by atoms with Gasteiger partial charge in [0, 0.05) is 74.8 Å². The van der Waals surface area contributed by atoms with Gasteiger partial charge in [-0.1, -0.05) is 92.8 Å². The fourth-order valence-electron chi connectivity index (χ4n) is 3.81. The van der Waals surface area contributed by atoms with E-state index in [1.54, 1.807) is 0 Å². The molecule has 0 aliphatic rings. The highest BCUT2D eigenvalue weighted by molar-refractivity contribution is 6.34. The number of hydrogen-bond acceptors (Lipinski definition) is 9. The van der Waals surface area contributed by atoms with Crippen molar-refractivity contribution in [3.8, 4) is 0 Å². The molecule has 308 valence electrons. The zero-order valence-corrected chi connectivity index (χ0v) is 42.7. The molecule has 0 aromatic heterocycles. The lowest BCUT2D eigenvalue weighted by atomic mass is 10.2. The smallest absolute Gasteiger partial charge is 0.332 e. The van der Waals surface area contributed by atoms with E-state index in [4.69, 9.17) is 18.9 Å². The second kappa shape index (κ2) is 47.6. The highest BCUT2D eigenvalue weighted by atomic mass is 28.2. The van der Waals surface area contributed by atoms with Crippen molar-refractivity contribution in [2.75, 3.05) is 46.8 Å². The Morgan fingerprint density at radius 1 is 0.673 bits per heavy atom. The first-order valence-electron chi connectivity index (χ1n) is 20.0. The van der Waals surface area contributed by atoms with Gasteiger partial charge in [0.15, 0.2) is 0 Å². The summed E-state index contributed by atoms with van der Waals surface area (Å²) in [6, 6.07) is 15.2. The van der Waals surface area contributed by atoms with Crippen LogP contribution < -0.4 is 0 Å². The number of hydrogen-bond donors (Lipinski definition) is 0. The lowest BCUT2D eigenvalue weighted by molar-refractivity contribution is -0.148. The van der Waals surface area contributed by atoms with E-state index in [2.05, 4.69) is 94.2 Å². The summed E-state index contributed by atoms with van der Waals surface area (Å²) in [6.07, 6.45) is 5.64. The molecule has 9 nitrogen and oxygen atoms in total. The molecule has 0 aliphatic carbocycles. The Hall–Kier alpha value is -1.41. The van der Waals surface area contributed by atoms with Gasteiger partial charge in [0.1, 0.15) is 6.61 Å². The third kappa shape index (κ3) is 60.7. The van der Waals surface area contributed by atoms with Crippen LogP contribution in [0, 0.1) is 6.92 Å². The Balaban J connectivity index is -0.000000281. The third-order valence-electron chi connectivity index (χ3n) is 6.82. The minimum absolute atomic E-state index is 0.0648. The standard InChI is InChI=1S/C12H20OSi.C8H20OSi.C7H16O3Si.C6H14O2Si.C5H12O2Si/c1-11-4-6-12(7-5-11)10-13-8-3-9-14-2;1-8(2,3)9-6-5-7-10-4;1-9-6-7(8)10-4-3-5-11-2;1-6(7)8-4-3-5-9-2;1-8-4-2-3-7-5-6/h4-7H,3,8-10,14H2,1-2H3;5-7,10H2,1-4H3;3-6,11H2,1-2H3;3-5,9H2,1-2H3;5H,2-4,8H2,1H3. The van der Waals surface area contributed by atoms with E-state index >= 15 is 0 Å². The Bertz CT molecular complexity index is 873. The average Bonchev–Trinajstić information content (AvgIpc) is 3.11. The zero-order valence-electron chi connectivity index (χ0n) is 35.6. The number of esters is 2. The number of aryl methyl sites for hydroxylation is 1. The van der Waals surface area contributed by atoms with Crippen molar-refractivity contribution in [2.45, 2.75) is 142 Å². The number of rotatable bonds is 25. The fourth-order valence-corrected chi connectivity index (χ4v) is 7.33. The molecule has 0 saturated heterocycles. The van der Waals surface area contributed by atoms with Crippen molar-refractivity contribution < 1.29 is 42.8 Å². The quantitative estimate of drug-likeness (QED) is 0.0426. The summed E-state index contributed by atoms with van der Waals surface area (Å²) in [7, 11) is 2.50. The van der Waals surface area contributed by atoms with Gasteiger partial charge in [0.25, 0.3) is 6.47 Å². The maximum Gasteiger partial charge on any atom is 0.332 e. The summed E-state index contributed by atoms with van der Waals surface area (Å²) >= 11 is 0. The summed E-state index contributed by atoms with van der Waals surface area (Å²) in [5.74, 6) is -0.418. The Kier molecular flexibility index (Phi) is 52.5. The first-order valence-corrected chi connectivity index (χ1v) is 32.1. The van der Waals surface area contributed by atoms with Crippen LogP contribution in [0.4, 0.5) is 0 Å². The van der Waals surface area contributed by atoms with E-state index in [0.29, 0.717) is 26.3 Å². The summed E-state index contributed by atoms with van der Waals surface area (Å²) < 4.78 is 29.8. The van der Waals surface area contributed by atoms with Crippen molar-refractivity contribution in [3.05, 3.63) is 35.4 Å². The Morgan fingerprint density at radius 3 is 1.54 bits per heavy atom. The lowest BCUT2D eigenvalue weighted by Gasteiger charge is -2.19.